The Labute approximate surface area is 92.6 Å². The summed E-state index contributed by atoms with van der Waals surface area (Å²) in [6.45, 7) is 4.46. The van der Waals surface area contributed by atoms with Crippen LogP contribution in [0.3, 0.4) is 0 Å². The van der Waals surface area contributed by atoms with Crippen molar-refractivity contribution in [2.24, 2.45) is 5.73 Å². The van der Waals surface area contributed by atoms with Crippen molar-refractivity contribution in [1.82, 2.24) is 0 Å². The van der Waals surface area contributed by atoms with Gasteiger partial charge in [0.15, 0.2) is 0 Å². The van der Waals surface area contributed by atoms with E-state index >= 15 is 0 Å². The van der Waals surface area contributed by atoms with Crippen molar-refractivity contribution in [3.8, 4) is 5.75 Å². The van der Waals surface area contributed by atoms with Crippen molar-refractivity contribution >= 4 is 22.0 Å². The van der Waals surface area contributed by atoms with Crippen LogP contribution in [0, 0.1) is 13.8 Å². The lowest BCUT2D eigenvalue weighted by Crippen LogP contribution is -1.94. The van der Waals surface area contributed by atoms with Crippen LogP contribution in [0.25, 0.3) is 6.08 Å². The van der Waals surface area contributed by atoms with Gasteiger partial charge in [-0.3, -0.25) is 0 Å². The number of rotatable bonds is 2. The number of halogens is 1. The van der Waals surface area contributed by atoms with Crippen LogP contribution in [0.4, 0.5) is 0 Å². The van der Waals surface area contributed by atoms with Gasteiger partial charge in [-0.05, 0) is 52.5 Å². The number of phenols is 1. The second-order valence-electron chi connectivity index (χ2n) is 3.20. The molecule has 0 aromatic heterocycles. The Balaban J connectivity index is 3.29. The Hall–Kier alpha value is -0.800. The number of benzene rings is 1. The molecular weight excluding hydrogens is 242 g/mol. The highest BCUT2D eigenvalue weighted by atomic mass is 79.9. The van der Waals surface area contributed by atoms with Gasteiger partial charge in [0.2, 0.25) is 0 Å². The molecule has 0 fully saturated rings. The van der Waals surface area contributed by atoms with Gasteiger partial charge >= 0.3 is 0 Å². The van der Waals surface area contributed by atoms with Crippen LogP contribution < -0.4 is 5.73 Å². The van der Waals surface area contributed by atoms with E-state index in [1.165, 1.54) is 0 Å². The molecule has 3 heteroatoms. The molecule has 0 radical (unpaired) electrons. The van der Waals surface area contributed by atoms with Gasteiger partial charge in [-0.2, -0.15) is 0 Å². The van der Waals surface area contributed by atoms with E-state index in [4.69, 9.17) is 5.73 Å². The second kappa shape index (κ2) is 4.62. The molecule has 0 aliphatic carbocycles. The van der Waals surface area contributed by atoms with Crippen molar-refractivity contribution in [3.63, 3.8) is 0 Å². The number of nitrogens with two attached hydrogens (primary N) is 1. The minimum Gasteiger partial charge on any atom is -0.507 e. The van der Waals surface area contributed by atoms with Crippen LogP contribution in [-0.2, 0) is 0 Å². The van der Waals surface area contributed by atoms with E-state index < -0.39 is 0 Å². The summed E-state index contributed by atoms with van der Waals surface area (Å²) in [4.78, 5) is 0. The smallest absolute Gasteiger partial charge is 0.130 e. The number of hydrogen-bond acceptors (Lipinski definition) is 2. The van der Waals surface area contributed by atoms with E-state index in [0.29, 0.717) is 6.54 Å². The summed E-state index contributed by atoms with van der Waals surface area (Å²) in [5, 5.41) is 9.54. The molecule has 0 heterocycles. The molecule has 76 valence electrons. The van der Waals surface area contributed by atoms with E-state index in [9.17, 15) is 5.11 Å². The van der Waals surface area contributed by atoms with Crippen molar-refractivity contribution in [2.75, 3.05) is 6.54 Å². The predicted molar refractivity (Wildman–Crippen MR) is 63.4 cm³/mol. The fourth-order valence-electron chi connectivity index (χ4n) is 1.39. The SMILES string of the molecule is Cc1cc(O)c(Br)c(C)c1/C=C/CN. The van der Waals surface area contributed by atoms with Crippen LogP contribution >= 0.6 is 15.9 Å². The molecule has 0 saturated heterocycles. The van der Waals surface area contributed by atoms with Gasteiger partial charge < -0.3 is 10.8 Å². The van der Waals surface area contributed by atoms with Crippen LogP contribution in [0.5, 0.6) is 5.75 Å². The minimum absolute atomic E-state index is 0.282. The third-order valence-electron chi connectivity index (χ3n) is 2.16. The molecule has 2 nitrogen and oxygen atoms in total. The second-order valence-corrected chi connectivity index (χ2v) is 4.00. The molecule has 0 spiro atoms. The maximum Gasteiger partial charge on any atom is 0.130 e. The standard InChI is InChI=1S/C11H14BrNO/c1-7-6-10(14)11(12)8(2)9(7)4-3-5-13/h3-4,6,14H,5,13H2,1-2H3/b4-3+. The third kappa shape index (κ3) is 2.16. The normalized spacial score (nSPS) is 11.1. The zero-order chi connectivity index (χ0) is 10.7. The Bertz CT molecular complexity index is 372. The Morgan fingerprint density at radius 2 is 2.14 bits per heavy atom. The average Bonchev–Trinajstić information content (AvgIpc) is 2.14. The molecule has 3 N–H and O–H groups in total. The number of hydrogen-bond donors (Lipinski definition) is 2. The van der Waals surface area contributed by atoms with E-state index in [0.717, 1.165) is 21.2 Å². The van der Waals surface area contributed by atoms with E-state index in [2.05, 4.69) is 15.9 Å². The quantitative estimate of drug-likeness (QED) is 0.854. The summed E-state index contributed by atoms with van der Waals surface area (Å²) in [5.41, 5.74) is 8.59. The maximum absolute atomic E-state index is 9.54. The number of phenolic OH excluding ortho intramolecular Hbond substituents is 1. The van der Waals surface area contributed by atoms with Crippen LogP contribution in [-0.4, -0.2) is 11.7 Å². The predicted octanol–water partition coefficient (Wildman–Crippen LogP) is 2.74. The Kier molecular flexibility index (Phi) is 3.72. The molecule has 14 heavy (non-hydrogen) atoms. The summed E-state index contributed by atoms with van der Waals surface area (Å²) < 4.78 is 0.750. The van der Waals surface area contributed by atoms with Crippen LogP contribution in [0.15, 0.2) is 16.6 Å². The molecule has 1 aromatic carbocycles. The first-order valence-electron chi connectivity index (χ1n) is 4.43. The van der Waals surface area contributed by atoms with E-state index in [1.807, 2.05) is 26.0 Å². The molecule has 0 saturated carbocycles. The Morgan fingerprint density at radius 1 is 1.50 bits per heavy atom. The molecule has 0 unspecified atom stereocenters. The van der Waals surface area contributed by atoms with Gasteiger partial charge in [0, 0.05) is 6.54 Å². The molecule has 1 aromatic rings. The highest BCUT2D eigenvalue weighted by molar-refractivity contribution is 9.10. The third-order valence-corrected chi connectivity index (χ3v) is 3.16. The van der Waals surface area contributed by atoms with Gasteiger partial charge in [-0.25, -0.2) is 0 Å². The van der Waals surface area contributed by atoms with Gasteiger partial charge in [-0.1, -0.05) is 12.2 Å². The van der Waals surface area contributed by atoms with Gasteiger partial charge in [-0.15, -0.1) is 0 Å². The lowest BCUT2D eigenvalue weighted by molar-refractivity contribution is 0.471. The van der Waals surface area contributed by atoms with Crippen molar-refractivity contribution < 1.29 is 5.11 Å². The topological polar surface area (TPSA) is 46.2 Å². The van der Waals surface area contributed by atoms with Crippen LogP contribution in [0.1, 0.15) is 16.7 Å². The largest absolute Gasteiger partial charge is 0.507 e. The Morgan fingerprint density at radius 3 is 2.71 bits per heavy atom. The van der Waals surface area contributed by atoms with Gasteiger partial charge in [0.25, 0.3) is 0 Å². The number of aromatic hydroxyl groups is 1. The highest BCUT2D eigenvalue weighted by Crippen LogP contribution is 2.32. The monoisotopic (exact) mass is 255 g/mol. The van der Waals surface area contributed by atoms with Crippen molar-refractivity contribution in [1.29, 1.82) is 0 Å². The molecule has 0 bridgehead atoms. The highest BCUT2D eigenvalue weighted by Gasteiger charge is 2.07. The lowest BCUT2D eigenvalue weighted by atomic mass is 10.0. The molecule has 0 amide bonds. The summed E-state index contributed by atoms with van der Waals surface area (Å²) >= 11 is 3.34. The van der Waals surface area contributed by atoms with Gasteiger partial charge in [0.05, 0.1) is 4.47 Å². The lowest BCUT2D eigenvalue weighted by Gasteiger charge is -2.09. The van der Waals surface area contributed by atoms with Crippen LogP contribution in [0.2, 0.25) is 0 Å². The van der Waals surface area contributed by atoms with E-state index in [1.54, 1.807) is 6.07 Å². The zero-order valence-electron chi connectivity index (χ0n) is 8.34. The number of aryl methyl sites for hydroxylation is 1. The molecule has 0 atom stereocenters. The van der Waals surface area contributed by atoms with Gasteiger partial charge in [0.1, 0.15) is 5.75 Å². The molecule has 1 rings (SSSR count). The first-order valence-corrected chi connectivity index (χ1v) is 5.22. The molecule has 0 aliphatic heterocycles. The first kappa shape index (κ1) is 11.3. The fourth-order valence-corrected chi connectivity index (χ4v) is 1.72. The zero-order valence-corrected chi connectivity index (χ0v) is 9.93. The summed E-state index contributed by atoms with van der Waals surface area (Å²) in [6, 6.07) is 1.74. The summed E-state index contributed by atoms with van der Waals surface area (Å²) in [7, 11) is 0. The van der Waals surface area contributed by atoms with Crippen molar-refractivity contribution in [2.45, 2.75) is 13.8 Å². The first-order chi connectivity index (χ1) is 6.57. The van der Waals surface area contributed by atoms with E-state index in [-0.39, 0.29) is 5.75 Å². The van der Waals surface area contributed by atoms with Crippen molar-refractivity contribution in [3.05, 3.63) is 33.3 Å². The summed E-state index contributed by atoms with van der Waals surface area (Å²) in [6.07, 6.45) is 3.88. The minimum atomic E-state index is 0.282. The average molecular weight is 256 g/mol. The fraction of sp³-hybridized carbons (Fsp3) is 0.273. The molecule has 0 aliphatic rings. The molecular formula is C11H14BrNO. The maximum atomic E-state index is 9.54. The summed E-state index contributed by atoms with van der Waals surface area (Å²) in [5.74, 6) is 0.282.